The molecule has 2 N–H and O–H groups in total. The minimum absolute atomic E-state index is 0.0565. The van der Waals surface area contributed by atoms with E-state index in [1.54, 1.807) is 0 Å². The van der Waals surface area contributed by atoms with Gasteiger partial charge in [0.1, 0.15) is 5.69 Å². The standard InChI is InChI=1S/C12H13N3O6/c16-11(17)12(4-1-5-12)7-13-9-3-2-8(14(18)19)6-10(9)15(20)21/h2-3,6,13H,1,4-5,7H2,(H,16,17). The highest BCUT2D eigenvalue weighted by atomic mass is 16.6. The number of nitrogens with zero attached hydrogens (tertiary/aromatic N) is 2. The first-order valence-electron chi connectivity index (χ1n) is 6.26. The summed E-state index contributed by atoms with van der Waals surface area (Å²) in [6.07, 6.45) is 1.82. The maximum Gasteiger partial charge on any atom is 0.311 e. The van der Waals surface area contributed by atoms with Crippen LogP contribution in [0.15, 0.2) is 18.2 Å². The summed E-state index contributed by atoms with van der Waals surface area (Å²) < 4.78 is 0. The van der Waals surface area contributed by atoms with Crippen molar-refractivity contribution in [3.8, 4) is 0 Å². The number of carbonyl (C=O) groups is 1. The van der Waals surface area contributed by atoms with E-state index in [1.807, 2.05) is 0 Å². The van der Waals surface area contributed by atoms with E-state index in [9.17, 15) is 30.1 Å². The predicted molar refractivity (Wildman–Crippen MR) is 72.2 cm³/mol. The lowest BCUT2D eigenvalue weighted by atomic mass is 9.69. The van der Waals surface area contributed by atoms with Gasteiger partial charge in [0.05, 0.1) is 21.3 Å². The number of anilines is 1. The molecule has 0 unspecified atom stereocenters. The first kappa shape index (κ1) is 14.7. The number of nitro groups is 2. The molecule has 0 heterocycles. The number of nitro benzene ring substituents is 2. The van der Waals surface area contributed by atoms with Crippen molar-refractivity contribution in [2.24, 2.45) is 5.41 Å². The van der Waals surface area contributed by atoms with Crippen LogP contribution in [0.25, 0.3) is 0 Å². The molecule has 1 aliphatic carbocycles. The van der Waals surface area contributed by atoms with Crippen molar-refractivity contribution in [1.82, 2.24) is 0 Å². The Morgan fingerprint density at radius 2 is 1.95 bits per heavy atom. The summed E-state index contributed by atoms with van der Waals surface area (Å²) in [7, 11) is 0. The Hall–Kier alpha value is -2.71. The second-order valence-corrected chi connectivity index (χ2v) is 5.01. The van der Waals surface area contributed by atoms with E-state index >= 15 is 0 Å². The zero-order valence-electron chi connectivity index (χ0n) is 10.9. The molecule has 21 heavy (non-hydrogen) atoms. The van der Waals surface area contributed by atoms with E-state index in [-0.39, 0.29) is 17.9 Å². The number of nitrogens with one attached hydrogen (secondary N) is 1. The number of benzene rings is 1. The summed E-state index contributed by atoms with van der Waals surface area (Å²) in [4.78, 5) is 31.4. The predicted octanol–water partition coefficient (Wildman–Crippen LogP) is 2.17. The molecular formula is C12H13N3O6. The summed E-state index contributed by atoms with van der Waals surface area (Å²) >= 11 is 0. The summed E-state index contributed by atoms with van der Waals surface area (Å²) in [6.45, 7) is 0.0565. The monoisotopic (exact) mass is 295 g/mol. The van der Waals surface area contributed by atoms with Crippen LogP contribution in [-0.4, -0.2) is 27.5 Å². The van der Waals surface area contributed by atoms with Crippen molar-refractivity contribution < 1.29 is 19.7 Å². The summed E-state index contributed by atoms with van der Waals surface area (Å²) in [5, 5.41) is 33.5. The SMILES string of the molecule is O=C(O)C1(CNc2ccc([N+](=O)[O-])cc2[N+](=O)[O-])CCC1. The Labute approximate surface area is 118 Å². The third kappa shape index (κ3) is 2.76. The number of hydrogen-bond acceptors (Lipinski definition) is 6. The number of carboxylic acids is 1. The van der Waals surface area contributed by atoms with E-state index in [1.165, 1.54) is 6.07 Å². The van der Waals surface area contributed by atoms with Gasteiger partial charge in [-0.25, -0.2) is 0 Å². The highest BCUT2D eigenvalue weighted by molar-refractivity contribution is 5.77. The molecule has 1 fully saturated rings. The quantitative estimate of drug-likeness (QED) is 0.606. The molecule has 0 amide bonds. The number of hydrogen-bond donors (Lipinski definition) is 2. The maximum atomic E-state index is 11.2. The highest BCUT2D eigenvalue weighted by Crippen LogP contribution is 2.42. The van der Waals surface area contributed by atoms with Crippen molar-refractivity contribution in [2.45, 2.75) is 19.3 Å². The van der Waals surface area contributed by atoms with E-state index in [2.05, 4.69) is 5.32 Å². The third-order valence-corrected chi connectivity index (χ3v) is 3.77. The molecular weight excluding hydrogens is 282 g/mol. The molecule has 1 aliphatic rings. The molecule has 0 aromatic heterocycles. The molecule has 9 nitrogen and oxygen atoms in total. The number of aliphatic carboxylic acids is 1. The third-order valence-electron chi connectivity index (χ3n) is 3.77. The molecule has 1 aromatic carbocycles. The van der Waals surface area contributed by atoms with Crippen molar-refractivity contribution in [2.75, 3.05) is 11.9 Å². The van der Waals surface area contributed by atoms with Crippen LogP contribution in [0.4, 0.5) is 17.1 Å². The molecule has 0 spiro atoms. The molecule has 2 rings (SSSR count). The molecule has 0 aliphatic heterocycles. The first-order chi connectivity index (χ1) is 9.85. The lowest BCUT2D eigenvalue weighted by Crippen LogP contribution is -2.43. The van der Waals surface area contributed by atoms with E-state index < -0.39 is 26.9 Å². The fourth-order valence-corrected chi connectivity index (χ4v) is 2.27. The molecule has 112 valence electrons. The summed E-state index contributed by atoms with van der Waals surface area (Å²) in [5.74, 6) is -0.939. The molecule has 0 bridgehead atoms. The average molecular weight is 295 g/mol. The summed E-state index contributed by atoms with van der Waals surface area (Å²) in [5.41, 5.74) is -1.65. The van der Waals surface area contributed by atoms with Crippen molar-refractivity contribution in [1.29, 1.82) is 0 Å². The smallest absolute Gasteiger partial charge is 0.311 e. The number of carboxylic acid groups (broad SMARTS) is 1. The fourth-order valence-electron chi connectivity index (χ4n) is 2.27. The lowest BCUT2D eigenvalue weighted by Gasteiger charge is -2.37. The van der Waals surface area contributed by atoms with Gasteiger partial charge in [-0.3, -0.25) is 25.0 Å². The molecule has 9 heteroatoms. The van der Waals surface area contributed by atoms with E-state index in [0.717, 1.165) is 18.6 Å². The zero-order valence-corrected chi connectivity index (χ0v) is 10.9. The Kier molecular flexibility index (Phi) is 3.74. The van der Waals surface area contributed by atoms with Gasteiger partial charge in [-0.05, 0) is 18.9 Å². The van der Waals surface area contributed by atoms with Gasteiger partial charge < -0.3 is 10.4 Å². The van der Waals surface area contributed by atoms with Crippen LogP contribution in [0.1, 0.15) is 19.3 Å². The van der Waals surface area contributed by atoms with Crippen molar-refractivity contribution >= 4 is 23.0 Å². The fraction of sp³-hybridized carbons (Fsp3) is 0.417. The molecule has 1 saturated carbocycles. The van der Waals surface area contributed by atoms with Crippen LogP contribution < -0.4 is 5.32 Å². The van der Waals surface area contributed by atoms with Crippen LogP contribution in [0.5, 0.6) is 0 Å². The first-order valence-corrected chi connectivity index (χ1v) is 6.26. The van der Waals surface area contributed by atoms with Crippen LogP contribution in [0.2, 0.25) is 0 Å². The largest absolute Gasteiger partial charge is 0.481 e. The Morgan fingerprint density at radius 3 is 2.38 bits per heavy atom. The number of non-ortho nitro benzene ring substituents is 1. The Balaban J connectivity index is 2.22. The second kappa shape index (κ2) is 5.35. The van der Waals surface area contributed by atoms with Crippen LogP contribution in [-0.2, 0) is 4.79 Å². The second-order valence-electron chi connectivity index (χ2n) is 5.01. The highest BCUT2D eigenvalue weighted by Gasteiger charge is 2.44. The average Bonchev–Trinajstić information content (AvgIpc) is 2.36. The van der Waals surface area contributed by atoms with Gasteiger partial charge in [0.25, 0.3) is 11.4 Å². The normalized spacial score (nSPS) is 15.8. The molecule has 0 atom stereocenters. The molecule has 0 saturated heterocycles. The van der Waals surface area contributed by atoms with Gasteiger partial charge in [0, 0.05) is 12.6 Å². The van der Waals surface area contributed by atoms with Crippen molar-refractivity contribution in [3.63, 3.8) is 0 Å². The molecule has 1 aromatic rings. The van der Waals surface area contributed by atoms with E-state index in [0.29, 0.717) is 12.8 Å². The van der Waals surface area contributed by atoms with Gasteiger partial charge in [0.2, 0.25) is 0 Å². The van der Waals surface area contributed by atoms with Gasteiger partial charge in [-0.1, -0.05) is 6.42 Å². The van der Waals surface area contributed by atoms with Gasteiger partial charge in [-0.15, -0.1) is 0 Å². The minimum atomic E-state index is -0.939. The van der Waals surface area contributed by atoms with Crippen molar-refractivity contribution in [3.05, 3.63) is 38.4 Å². The lowest BCUT2D eigenvalue weighted by molar-refractivity contribution is -0.393. The van der Waals surface area contributed by atoms with Crippen LogP contribution >= 0.6 is 0 Å². The topological polar surface area (TPSA) is 136 Å². The van der Waals surface area contributed by atoms with E-state index in [4.69, 9.17) is 0 Å². The van der Waals surface area contributed by atoms with Crippen LogP contribution in [0.3, 0.4) is 0 Å². The zero-order chi connectivity index (χ0) is 15.6. The van der Waals surface area contributed by atoms with Gasteiger partial charge in [-0.2, -0.15) is 0 Å². The van der Waals surface area contributed by atoms with Gasteiger partial charge >= 0.3 is 5.97 Å². The summed E-state index contributed by atoms with van der Waals surface area (Å²) in [6, 6.07) is 3.23. The van der Waals surface area contributed by atoms with Crippen LogP contribution in [0, 0.1) is 25.6 Å². The maximum absolute atomic E-state index is 11.2. The minimum Gasteiger partial charge on any atom is -0.481 e. The van der Waals surface area contributed by atoms with Gasteiger partial charge in [0.15, 0.2) is 0 Å². The number of rotatable bonds is 6. The molecule has 0 radical (unpaired) electrons. The Bertz CT molecular complexity index is 611. The Morgan fingerprint density at radius 1 is 1.29 bits per heavy atom.